The molecular formula is C9H12O2. The third kappa shape index (κ3) is 1.34. The smallest absolute Gasteiger partial charge is 0.339 e. The molecule has 1 aliphatic heterocycles. The van der Waals surface area contributed by atoms with E-state index in [1.807, 2.05) is 19.9 Å². The Morgan fingerprint density at radius 3 is 2.36 bits per heavy atom. The van der Waals surface area contributed by atoms with E-state index in [9.17, 15) is 4.79 Å². The van der Waals surface area contributed by atoms with Crippen LogP contribution in [0.2, 0.25) is 0 Å². The van der Waals surface area contributed by atoms with Crippen molar-refractivity contribution in [1.29, 1.82) is 0 Å². The van der Waals surface area contributed by atoms with E-state index in [0.717, 1.165) is 23.3 Å². The van der Waals surface area contributed by atoms with Crippen molar-refractivity contribution in [3.05, 3.63) is 23.0 Å². The summed E-state index contributed by atoms with van der Waals surface area (Å²) in [6.07, 6.45) is 2.82. The molecule has 1 aliphatic rings. The fourth-order valence-corrected chi connectivity index (χ4v) is 0.971. The van der Waals surface area contributed by atoms with E-state index in [-0.39, 0.29) is 5.97 Å². The van der Waals surface area contributed by atoms with Crippen molar-refractivity contribution in [2.45, 2.75) is 27.2 Å². The zero-order valence-electron chi connectivity index (χ0n) is 7.10. The lowest BCUT2D eigenvalue weighted by atomic mass is 10.1. The molecule has 60 valence electrons. The van der Waals surface area contributed by atoms with Gasteiger partial charge in [0, 0.05) is 11.1 Å². The number of esters is 1. The third-order valence-electron chi connectivity index (χ3n) is 1.83. The Balaban J connectivity index is 2.95. The Morgan fingerprint density at radius 2 is 2.00 bits per heavy atom. The van der Waals surface area contributed by atoms with Crippen LogP contribution in [-0.4, -0.2) is 5.97 Å². The Kier molecular flexibility index (Phi) is 2.13. The number of carbonyl (C=O) groups is 1. The molecule has 0 aromatic carbocycles. The van der Waals surface area contributed by atoms with E-state index >= 15 is 0 Å². The number of ether oxygens (including phenoxy) is 1. The second-order valence-electron chi connectivity index (χ2n) is 2.62. The van der Waals surface area contributed by atoms with Gasteiger partial charge >= 0.3 is 5.97 Å². The van der Waals surface area contributed by atoms with E-state index in [4.69, 9.17) is 4.74 Å². The minimum absolute atomic E-state index is 0.206. The van der Waals surface area contributed by atoms with Gasteiger partial charge in [0.1, 0.15) is 5.76 Å². The summed E-state index contributed by atoms with van der Waals surface area (Å²) in [7, 11) is 0. The van der Waals surface area contributed by atoms with E-state index in [1.54, 1.807) is 6.92 Å². The fraction of sp³-hybridized carbons (Fsp3) is 0.444. The molecule has 11 heavy (non-hydrogen) atoms. The zero-order chi connectivity index (χ0) is 8.43. The van der Waals surface area contributed by atoms with Gasteiger partial charge in [0.2, 0.25) is 0 Å². The third-order valence-corrected chi connectivity index (χ3v) is 1.83. The molecule has 1 rings (SSSR count). The largest absolute Gasteiger partial charge is 0.423 e. The van der Waals surface area contributed by atoms with Crippen LogP contribution in [-0.2, 0) is 9.53 Å². The van der Waals surface area contributed by atoms with E-state index in [0.29, 0.717) is 0 Å². The number of carbonyl (C=O) groups excluding carboxylic acids is 1. The van der Waals surface area contributed by atoms with Gasteiger partial charge in [-0.1, -0.05) is 6.92 Å². The molecule has 2 heteroatoms. The van der Waals surface area contributed by atoms with Crippen LogP contribution in [0.1, 0.15) is 27.2 Å². The molecule has 0 bridgehead atoms. The predicted octanol–water partition coefficient (Wildman–Crippen LogP) is 2.17. The van der Waals surface area contributed by atoms with Crippen molar-refractivity contribution in [2.24, 2.45) is 0 Å². The van der Waals surface area contributed by atoms with Gasteiger partial charge in [-0.25, -0.2) is 4.79 Å². The van der Waals surface area contributed by atoms with Crippen molar-refractivity contribution >= 4 is 5.97 Å². The highest BCUT2D eigenvalue weighted by Crippen LogP contribution is 2.25. The minimum Gasteiger partial charge on any atom is -0.423 e. The molecule has 0 unspecified atom stereocenters. The first-order chi connectivity index (χ1) is 5.16. The predicted molar refractivity (Wildman–Crippen MR) is 42.8 cm³/mol. The molecule has 0 N–H and O–H groups in total. The average molecular weight is 152 g/mol. The Hall–Kier alpha value is -1.05. The monoisotopic (exact) mass is 152 g/mol. The molecule has 0 spiro atoms. The molecule has 0 atom stereocenters. The fourth-order valence-electron chi connectivity index (χ4n) is 0.971. The van der Waals surface area contributed by atoms with Crippen LogP contribution in [0.3, 0.4) is 0 Å². The Morgan fingerprint density at radius 1 is 1.36 bits per heavy atom. The summed E-state index contributed by atoms with van der Waals surface area (Å²) in [5.41, 5.74) is 1.70. The van der Waals surface area contributed by atoms with Crippen LogP contribution in [0.25, 0.3) is 0 Å². The molecule has 2 nitrogen and oxygen atoms in total. The van der Waals surface area contributed by atoms with Gasteiger partial charge in [0.25, 0.3) is 0 Å². The van der Waals surface area contributed by atoms with Gasteiger partial charge in [-0.15, -0.1) is 0 Å². The van der Waals surface area contributed by atoms with Gasteiger partial charge in [-0.3, -0.25) is 0 Å². The Labute approximate surface area is 66.5 Å². The van der Waals surface area contributed by atoms with Crippen molar-refractivity contribution < 1.29 is 9.53 Å². The summed E-state index contributed by atoms with van der Waals surface area (Å²) in [4.78, 5) is 10.9. The lowest BCUT2D eigenvalue weighted by Gasteiger charge is -1.95. The van der Waals surface area contributed by atoms with Crippen molar-refractivity contribution in [1.82, 2.24) is 0 Å². The van der Waals surface area contributed by atoms with Crippen LogP contribution in [0, 0.1) is 0 Å². The van der Waals surface area contributed by atoms with Crippen LogP contribution < -0.4 is 0 Å². The minimum atomic E-state index is -0.206. The summed E-state index contributed by atoms with van der Waals surface area (Å²) in [5, 5.41) is 0. The lowest BCUT2D eigenvalue weighted by molar-refractivity contribution is -0.133. The second kappa shape index (κ2) is 2.91. The van der Waals surface area contributed by atoms with Gasteiger partial charge in [0.05, 0.1) is 0 Å². The molecule has 0 amide bonds. The number of hydrogen-bond acceptors (Lipinski definition) is 2. The highest BCUT2D eigenvalue weighted by atomic mass is 16.5. The van der Waals surface area contributed by atoms with Crippen LogP contribution in [0.5, 0.6) is 0 Å². The molecule has 0 aromatic rings. The molecule has 0 aromatic heterocycles. The van der Waals surface area contributed by atoms with Crippen molar-refractivity contribution in [3.8, 4) is 0 Å². The van der Waals surface area contributed by atoms with Gasteiger partial charge in [-0.2, -0.15) is 0 Å². The van der Waals surface area contributed by atoms with Crippen LogP contribution in [0.15, 0.2) is 23.0 Å². The van der Waals surface area contributed by atoms with E-state index < -0.39 is 0 Å². The van der Waals surface area contributed by atoms with Crippen molar-refractivity contribution in [3.63, 3.8) is 0 Å². The summed E-state index contributed by atoms with van der Waals surface area (Å²) in [6.45, 7) is 5.71. The zero-order valence-corrected chi connectivity index (χ0v) is 7.10. The summed E-state index contributed by atoms with van der Waals surface area (Å²) in [5.74, 6) is 0.525. The highest BCUT2D eigenvalue weighted by Gasteiger charge is 2.22. The van der Waals surface area contributed by atoms with E-state index in [2.05, 4.69) is 0 Å². The van der Waals surface area contributed by atoms with Crippen LogP contribution in [0.4, 0.5) is 0 Å². The molecule has 0 radical (unpaired) electrons. The Bertz CT molecular complexity index is 246. The molecule has 0 saturated carbocycles. The molecule has 0 aliphatic carbocycles. The highest BCUT2D eigenvalue weighted by molar-refractivity contribution is 5.93. The molecule has 1 heterocycles. The summed E-state index contributed by atoms with van der Waals surface area (Å²) >= 11 is 0. The number of cyclic esters (lactones) is 1. The second-order valence-corrected chi connectivity index (χ2v) is 2.62. The van der Waals surface area contributed by atoms with Crippen LogP contribution >= 0.6 is 0 Å². The first-order valence-electron chi connectivity index (χ1n) is 3.77. The first-order valence-corrected chi connectivity index (χ1v) is 3.77. The van der Waals surface area contributed by atoms with Crippen molar-refractivity contribution in [2.75, 3.05) is 0 Å². The summed E-state index contributed by atoms with van der Waals surface area (Å²) in [6, 6.07) is 0. The first kappa shape index (κ1) is 8.05. The molecule has 0 fully saturated rings. The van der Waals surface area contributed by atoms with Gasteiger partial charge in [-0.05, 0) is 26.3 Å². The molecular weight excluding hydrogens is 140 g/mol. The number of hydrogen-bond donors (Lipinski definition) is 0. The maximum Gasteiger partial charge on any atom is 0.339 e. The maximum atomic E-state index is 10.9. The quantitative estimate of drug-likeness (QED) is 0.538. The topological polar surface area (TPSA) is 26.3 Å². The number of rotatable bonds is 1. The maximum absolute atomic E-state index is 10.9. The lowest BCUT2D eigenvalue weighted by Crippen LogP contribution is -1.94. The standard InChI is InChI=1S/C9H12O2/c1-4-5-8-6(2)7(3)9(10)11-8/h5H,4H2,1-3H3/b8-5+. The van der Waals surface area contributed by atoms with E-state index in [1.165, 1.54) is 0 Å². The normalized spacial score (nSPS) is 21.4. The average Bonchev–Trinajstić information content (AvgIpc) is 2.19. The SMILES string of the molecule is CC/C=C1/OC(=O)C(C)=C1C. The van der Waals surface area contributed by atoms with Gasteiger partial charge < -0.3 is 4.74 Å². The summed E-state index contributed by atoms with van der Waals surface area (Å²) < 4.78 is 4.97. The number of allylic oxidation sites excluding steroid dienone is 2. The van der Waals surface area contributed by atoms with Gasteiger partial charge in [0.15, 0.2) is 0 Å². The molecule has 0 saturated heterocycles.